The van der Waals surface area contributed by atoms with Crippen LogP contribution >= 0.6 is 0 Å². The van der Waals surface area contributed by atoms with Crippen molar-refractivity contribution in [2.24, 2.45) is 0 Å². The van der Waals surface area contributed by atoms with Crippen molar-refractivity contribution in [1.82, 2.24) is 0 Å². The number of carboxylic acids is 1. The van der Waals surface area contributed by atoms with Crippen LogP contribution in [0.4, 0.5) is 5.69 Å². The Balaban J connectivity index is 2.27. The maximum absolute atomic E-state index is 11.4. The van der Waals surface area contributed by atoms with E-state index < -0.39 is 5.97 Å². The van der Waals surface area contributed by atoms with Gasteiger partial charge in [0.05, 0.1) is 11.3 Å². The molecule has 4 heteroatoms. The smallest absolute Gasteiger partial charge is 0.337 e. The third-order valence-corrected chi connectivity index (χ3v) is 3.16. The van der Waals surface area contributed by atoms with E-state index in [1.165, 1.54) is 0 Å². The maximum Gasteiger partial charge on any atom is 0.337 e. The van der Waals surface area contributed by atoms with Crippen molar-refractivity contribution in [3.63, 3.8) is 0 Å². The van der Waals surface area contributed by atoms with E-state index in [4.69, 9.17) is 0 Å². The van der Waals surface area contributed by atoms with Gasteiger partial charge in [-0.2, -0.15) is 0 Å². The summed E-state index contributed by atoms with van der Waals surface area (Å²) in [6.07, 6.45) is 0.966. The molecule has 0 unspecified atom stereocenters. The first kappa shape index (κ1) is 14.8. The number of nitrogens with one attached hydrogen (secondary N) is 1. The van der Waals surface area contributed by atoms with Gasteiger partial charge in [0.15, 0.2) is 0 Å². The molecule has 0 fully saturated rings. The van der Waals surface area contributed by atoms with Gasteiger partial charge in [0.1, 0.15) is 0 Å². The predicted octanol–water partition coefficient (Wildman–Crippen LogP) is 3.32. The van der Waals surface area contributed by atoms with Crippen LogP contribution < -0.4 is 5.32 Å². The van der Waals surface area contributed by atoms with Crippen molar-refractivity contribution >= 4 is 17.6 Å². The molecule has 108 valence electrons. The first-order valence-electron chi connectivity index (χ1n) is 6.80. The number of carbonyl (C=O) groups excluding carboxylic acids is 1. The van der Waals surface area contributed by atoms with Crippen molar-refractivity contribution in [2.45, 2.75) is 19.8 Å². The van der Waals surface area contributed by atoms with Gasteiger partial charge in [0, 0.05) is 6.42 Å². The van der Waals surface area contributed by atoms with Crippen LogP contribution in [-0.4, -0.2) is 17.0 Å². The van der Waals surface area contributed by atoms with Crippen LogP contribution in [0.15, 0.2) is 48.5 Å². The minimum atomic E-state index is -1.05. The molecule has 1 amide bonds. The molecule has 2 aromatic carbocycles. The van der Waals surface area contributed by atoms with Crippen LogP contribution in [0.1, 0.15) is 34.8 Å². The summed E-state index contributed by atoms with van der Waals surface area (Å²) in [6.45, 7) is 1.72. The highest BCUT2D eigenvalue weighted by Crippen LogP contribution is 2.20. The van der Waals surface area contributed by atoms with E-state index in [1.54, 1.807) is 19.1 Å². The second-order valence-electron chi connectivity index (χ2n) is 4.75. The molecule has 0 saturated carbocycles. The lowest BCUT2D eigenvalue weighted by molar-refractivity contribution is -0.115. The van der Waals surface area contributed by atoms with Crippen LogP contribution in [0.2, 0.25) is 0 Å². The van der Waals surface area contributed by atoms with E-state index in [0.29, 0.717) is 18.5 Å². The van der Waals surface area contributed by atoms with Gasteiger partial charge >= 0.3 is 5.97 Å². The Labute approximate surface area is 123 Å². The summed E-state index contributed by atoms with van der Waals surface area (Å²) >= 11 is 0. The van der Waals surface area contributed by atoms with E-state index in [-0.39, 0.29) is 11.5 Å². The summed E-state index contributed by atoms with van der Waals surface area (Å²) in [5, 5.41) is 11.9. The van der Waals surface area contributed by atoms with Gasteiger partial charge in [-0.15, -0.1) is 0 Å². The predicted molar refractivity (Wildman–Crippen MR) is 81.6 cm³/mol. The number of hydrogen-bond acceptors (Lipinski definition) is 2. The van der Waals surface area contributed by atoms with Crippen molar-refractivity contribution in [3.8, 4) is 0 Å². The lowest BCUT2D eigenvalue weighted by Gasteiger charge is -2.10. The van der Waals surface area contributed by atoms with Crippen LogP contribution in [0.25, 0.3) is 0 Å². The van der Waals surface area contributed by atoms with Crippen molar-refractivity contribution in [2.75, 3.05) is 5.32 Å². The zero-order chi connectivity index (χ0) is 15.2. The Morgan fingerprint density at radius 2 is 1.76 bits per heavy atom. The van der Waals surface area contributed by atoms with Gasteiger partial charge < -0.3 is 10.4 Å². The van der Waals surface area contributed by atoms with Crippen molar-refractivity contribution in [3.05, 3.63) is 65.2 Å². The zero-order valence-corrected chi connectivity index (χ0v) is 11.8. The number of hydrogen-bond donors (Lipinski definition) is 2. The van der Waals surface area contributed by atoms with Gasteiger partial charge in [-0.3, -0.25) is 4.79 Å². The average Bonchev–Trinajstić information content (AvgIpc) is 2.49. The summed E-state index contributed by atoms with van der Waals surface area (Å²) in [5.74, 6) is -1.25. The molecular formula is C17H17NO3. The molecule has 21 heavy (non-hydrogen) atoms. The monoisotopic (exact) mass is 283 g/mol. The number of benzene rings is 2. The average molecular weight is 283 g/mol. The molecule has 0 atom stereocenters. The molecule has 2 N–H and O–H groups in total. The van der Waals surface area contributed by atoms with Crippen LogP contribution in [0.5, 0.6) is 0 Å². The fraction of sp³-hybridized carbons (Fsp3) is 0.176. The molecule has 0 aromatic heterocycles. The van der Waals surface area contributed by atoms with E-state index in [1.807, 2.05) is 36.4 Å². The van der Waals surface area contributed by atoms with Gasteiger partial charge in [-0.25, -0.2) is 4.79 Å². The fourth-order valence-electron chi connectivity index (χ4n) is 2.06. The van der Waals surface area contributed by atoms with Crippen molar-refractivity contribution < 1.29 is 14.7 Å². The number of carbonyl (C=O) groups is 2. The van der Waals surface area contributed by atoms with E-state index in [2.05, 4.69) is 5.32 Å². The number of anilines is 1. The summed E-state index contributed by atoms with van der Waals surface area (Å²) in [4.78, 5) is 22.8. The van der Waals surface area contributed by atoms with Gasteiger partial charge in [0.2, 0.25) is 5.91 Å². The summed E-state index contributed by atoms with van der Waals surface area (Å²) in [6, 6.07) is 14.9. The Bertz CT molecular complexity index is 650. The lowest BCUT2D eigenvalue weighted by Crippen LogP contribution is -2.13. The quantitative estimate of drug-likeness (QED) is 0.884. The van der Waals surface area contributed by atoms with E-state index in [0.717, 1.165) is 11.1 Å². The Kier molecular flexibility index (Phi) is 4.72. The highest BCUT2D eigenvalue weighted by molar-refractivity contribution is 6.00. The first-order valence-corrected chi connectivity index (χ1v) is 6.80. The van der Waals surface area contributed by atoms with Crippen LogP contribution in [0.3, 0.4) is 0 Å². The van der Waals surface area contributed by atoms with Crippen molar-refractivity contribution in [1.29, 1.82) is 0 Å². The minimum Gasteiger partial charge on any atom is -0.478 e. The second-order valence-corrected chi connectivity index (χ2v) is 4.75. The van der Waals surface area contributed by atoms with Gasteiger partial charge in [-0.1, -0.05) is 43.3 Å². The molecule has 0 spiro atoms. The Hall–Kier alpha value is -2.62. The standard InChI is InChI=1S/C17H17NO3/c1-2-16(19)18-15-9-8-13(11-14(15)17(20)21)10-12-6-4-3-5-7-12/h3-9,11H,2,10H2,1H3,(H,18,19)(H,20,21). The molecule has 2 aromatic rings. The van der Waals surface area contributed by atoms with Crippen LogP contribution in [-0.2, 0) is 11.2 Å². The topological polar surface area (TPSA) is 66.4 Å². The Morgan fingerprint density at radius 3 is 2.38 bits per heavy atom. The largest absolute Gasteiger partial charge is 0.478 e. The number of carboxylic acid groups (broad SMARTS) is 1. The molecule has 0 bridgehead atoms. The molecule has 0 aliphatic rings. The highest BCUT2D eigenvalue weighted by Gasteiger charge is 2.13. The van der Waals surface area contributed by atoms with Gasteiger partial charge in [-0.05, 0) is 29.7 Å². The zero-order valence-electron chi connectivity index (χ0n) is 11.8. The summed E-state index contributed by atoms with van der Waals surface area (Å²) < 4.78 is 0. The molecule has 4 nitrogen and oxygen atoms in total. The van der Waals surface area contributed by atoms with Gasteiger partial charge in [0.25, 0.3) is 0 Å². The summed E-state index contributed by atoms with van der Waals surface area (Å²) in [7, 11) is 0. The highest BCUT2D eigenvalue weighted by atomic mass is 16.4. The third kappa shape index (κ3) is 3.92. The minimum absolute atomic E-state index is 0.116. The molecular weight excluding hydrogens is 266 g/mol. The second kappa shape index (κ2) is 6.70. The maximum atomic E-state index is 11.4. The molecule has 0 heterocycles. The molecule has 2 rings (SSSR count). The molecule has 0 saturated heterocycles. The number of amides is 1. The van der Waals surface area contributed by atoms with E-state index in [9.17, 15) is 14.7 Å². The molecule has 0 aliphatic carbocycles. The number of aromatic carboxylic acids is 1. The Morgan fingerprint density at radius 1 is 1.05 bits per heavy atom. The first-order chi connectivity index (χ1) is 10.1. The normalized spacial score (nSPS) is 10.1. The van der Waals surface area contributed by atoms with E-state index >= 15 is 0 Å². The SMILES string of the molecule is CCC(=O)Nc1ccc(Cc2ccccc2)cc1C(=O)O. The van der Waals surface area contributed by atoms with Crippen LogP contribution in [0, 0.1) is 0 Å². The number of rotatable bonds is 5. The summed E-state index contributed by atoms with van der Waals surface area (Å²) in [5.41, 5.74) is 2.46. The fourth-order valence-corrected chi connectivity index (χ4v) is 2.06. The molecule has 0 aliphatic heterocycles. The third-order valence-electron chi connectivity index (χ3n) is 3.16. The lowest BCUT2D eigenvalue weighted by atomic mass is 10.0. The molecule has 0 radical (unpaired) electrons.